The lowest BCUT2D eigenvalue weighted by Gasteiger charge is -2.07. The number of allylic oxidation sites excluding steroid dienone is 12. The van der Waals surface area contributed by atoms with Gasteiger partial charge < -0.3 is 10.6 Å². The zero-order valence-corrected chi connectivity index (χ0v) is 22.5. The first kappa shape index (κ1) is 32.4. The molecule has 0 atom stereocenters. The van der Waals surface area contributed by atoms with E-state index in [1.165, 1.54) is 0 Å². The van der Waals surface area contributed by atoms with Gasteiger partial charge in [-0.25, -0.2) is 0 Å². The maximum Gasteiger partial charge on any atom is 0.220 e. The number of carbonyl (C=O) groups is 2. The fourth-order valence-corrected chi connectivity index (χ4v) is 3.11. The van der Waals surface area contributed by atoms with Crippen LogP contribution in [-0.4, -0.2) is 24.9 Å². The molecule has 2 N–H and O–H groups in total. The van der Waals surface area contributed by atoms with Crippen molar-refractivity contribution in [2.24, 2.45) is 5.92 Å². The smallest absolute Gasteiger partial charge is 0.220 e. The van der Waals surface area contributed by atoms with Gasteiger partial charge in [0, 0.05) is 25.9 Å². The van der Waals surface area contributed by atoms with Gasteiger partial charge in [0.1, 0.15) is 0 Å². The van der Waals surface area contributed by atoms with E-state index in [0.29, 0.717) is 31.8 Å². The largest absolute Gasteiger partial charge is 0.354 e. The number of hydrogen-bond donors (Lipinski definition) is 2. The number of nitrogens with one attached hydrogen (secondary N) is 2. The number of rotatable bonds is 21. The first-order valence-electron chi connectivity index (χ1n) is 13.5. The highest BCUT2D eigenvalue weighted by Gasteiger charge is 2.03. The minimum atomic E-state index is 0.0265. The van der Waals surface area contributed by atoms with Crippen LogP contribution >= 0.6 is 0 Å². The van der Waals surface area contributed by atoms with Crippen molar-refractivity contribution in [3.05, 3.63) is 72.9 Å². The van der Waals surface area contributed by atoms with Crippen LogP contribution in [0, 0.1) is 5.92 Å². The first-order valence-corrected chi connectivity index (χ1v) is 13.5. The molecule has 0 aliphatic rings. The van der Waals surface area contributed by atoms with Gasteiger partial charge in [0.05, 0.1) is 0 Å². The Labute approximate surface area is 215 Å². The summed E-state index contributed by atoms with van der Waals surface area (Å²) in [6.07, 6.45) is 35.8. The van der Waals surface area contributed by atoms with E-state index in [-0.39, 0.29) is 11.8 Å². The Kier molecular flexibility index (Phi) is 24.0. The molecule has 0 aromatic heterocycles. The molecule has 0 aliphatic carbocycles. The Hall–Kier alpha value is -2.62. The van der Waals surface area contributed by atoms with Crippen molar-refractivity contribution in [2.75, 3.05) is 13.1 Å². The average molecular weight is 483 g/mol. The van der Waals surface area contributed by atoms with Crippen LogP contribution in [-0.2, 0) is 9.59 Å². The molecule has 0 radical (unpaired) electrons. The molecule has 0 fully saturated rings. The highest BCUT2D eigenvalue weighted by atomic mass is 16.2. The Morgan fingerprint density at radius 2 is 1.00 bits per heavy atom. The quantitative estimate of drug-likeness (QED) is 0.131. The summed E-state index contributed by atoms with van der Waals surface area (Å²) in [5.41, 5.74) is 0. The van der Waals surface area contributed by atoms with Gasteiger partial charge in [-0.2, -0.15) is 0 Å². The summed E-state index contributed by atoms with van der Waals surface area (Å²) >= 11 is 0. The van der Waals surface area contributed by atoms with Crippen LogP contribution in [0.25, 0.3) is 0 Å². The third-order valence-corrected chi connectivity index (χ3v) is 5.09. The maximum atomic E-state index is 11.8. The van der Waals surface area contributed by atoms with E-state index in [2.05, 4.69) is 104 Å². The van der Waals surface area contributed by atoms with E-state index in [4.69, 9.17) is 0 Å². The molecule has 0 saturated carbocycles. The molecular formula is C31H50N2O2. The van der Waals surface area contributed by atoms with Gasteiger partial charge in [-0.15, -0.1) is 0 Å². The molecule has 4 nitrogen and oxygen atoms in total. The lowest BCUT2D eigenvalue weighted by atomic mass is 10.1. The summed E-state index contributed by atoms with van der Waals surface area (Å²) in [5, 5.41) is 5.70. The van der Waals surface area contributed by atoms with E-state index in [1.54, 1.807) is 0 Å². The number of carbonyl (C=O) groups excluding carboxylic acids is 2. The van der Waals surface area contributed by atoms with Gasteiger partial charge in [0.25, 0.3) is 0 Å². The Morgan fingerprint density at radius 3 is 1.43 bits per heavy atom. The summed E-state index contributed by atoms with van der Waals surface area (Å²) in [7, 11) is 0. The molecule has 0 aromatic rings. The van der Waals surface area contributed by atoms with Crippen LogP contribution in [0.15, 0.2) is 72.9 Å². The van der Waals surface area contributed by atoms with Crippen molar-refractivity contribution in [1.29, 1.82) is 0 Å². The zero-order valence-electron chi connectivity index (χ0n) is 22.5. The van der Waals surface area contributed by atoms with Gasteiger partial charge >= 0.3 is 0 Å². The van der Waals surface area contributed by atoms with Crippen molar-refractivity contribution in [1.82, 2.24) is 10.6 Å². The predicted molar refractivity (Wildman–Crippen MR) is 152 cm³/mol. The Balaban J connectivity index is 3.59. The first-order chi connectivity index (χ1) is 17.1. The van der Waals surface area contributed by atoms with E-state index in [9.17, 15) is 9.59 Å². The SMILES string of the molecule is CC/C=C\C/C=C\C/C=C\C/C=C\C/C=C\C/C=C\CCC(=O)NCCNC(=O)CCCC(C)C. The molecule has 0 aliphatic heterocycles. The van der Waals surface area contributed by atoms with E-state index in [1.807, 2.05) is 0 Å². The van der Waals surface area contributed by atoms with E-state index in [0.717, 1.165) is 57.8 Å². The second-order valence-electron chi connectivity index (χ2n) is 8.94. The molecule has 196 valence electrons. The summed E-state index contributed by atoms with van der Waals surface area (Å²) < 4.78 is 0. The van der Waals surface area contributed by atoms with Crippen LogP contribution in [0.5, 0.6) is 0 Å². The third-order valence-electron chi connectivity index (χ3n) is 5.09. The van der Waals surface area contributed by atoms with Crippen molar-refractivity contribution in [2.45, 2.75) is 91.4 Å². The number of hydrogen-bond acceptors (Lipinski definition) is 2. The van der Waals surface area contributed by atoms with E-state index < -0.39 is 0 Å². The molecule has 0 bridgehead atoms. The molecule has 2 amide bonds. The van der Waals surface area contributed by atoms with E-state index >= 15 is 0 Å². The second-order valence-corrected chi connectivity index (χ2v) is 8.94. The minimum absolute atomic E-state index is 0.0265. The van der Waals surface area contributed by atoms with Crippen molar-refractivity contribution in [3.63, 3.8) is 0 Å². The molecule has 0 heterocycles. The summed E-state index contributed by atoms with van der Waals surface area (Å²) in [6, 6.07) is 0. The lowest BCUT2D eigenvalue weighted by Crippen LogP contribution is -2.34. The molecule has 0 rings (SSSR count). The fourth-order valence-electron chi connectivity index (χ4n) is 3.11. The minimum Gasteiger partial charge on any atom is -0.354 e. The van der Waals surface area contributed by atoms with Crippen LogP contribution in [0.3, 0.4) is 0 Å². The maximum absolute atomic E-state index is 11.8. The molecule has 35 heavy (non-hydrogen) atoms. The molecule has 0 aromatic carbocycles. The van der Waals surface area contributed by atoms with Gasteiger partial charge in [-0.05, 0) is 57.3 Å². The molecular weight excluding hydrogens is 432 g/mol. The molecule has 4 heteroatoms. The highest BCUT2D eigenvalue weighted by Crippen LogP contribution is 2.05. The second kappa shape index (κ2) is 26.0. The molecule has 0 unspecified atom stereocenters. The summed E-state index contributed by atoms with van der Waals surface area (Å²) in [5.74, 6) is 0.722. The monoisotopic (exact) mass is 482 g/mol. The summed E-state index contributed by atoms with van der Waals surface area (Å²) in [4.78, 5) is 23.5. The Morgan fingerprint density at radius 1 is 0.600 bits per heavy atom. The zero-order chi connectivity index (χ0) is 25.8. The normalized spacial score (nSPS) is 12.6. The van der Waals surface area contributed by atoms with Crippen molar-refractivity contribution in [3.8, 4) is 0 Å². The Bertz CT molecular complexity index is 697. The topological polar surface area (TPSA) is 58.2 Å². The standard InChI is InChI=1S/C31H50N2O2/c1-4-5-6-7-8-9-10-11-12-13-14-15-16-17-18-19-20-21-22-25-30(34)32-27-28-33-31(35)26-23-24-29(2)3/h5-6,8-9,11-12,14-15,17-18,20-21,29H,4,7,10,13,16,19,22-28H2,1-3H3,(H,32,34)(H,33,35)/b6-5-,9-8-,12-11-,15-14-,18-17-,21-20-. The lowest BCUT2D eigenvalue weighted by molar-refractivity contribution is -0.122. The van der Waals surface area contributed by atoms with Crippen LogP contribution < -0.4 is 10.6 Å². The van der Waals surface area contributed by atoms with Gasteiger partial charge in [0.2, 0.25) is 11.8 Å². The van der Waals surface area contributed by atoms with Crippen molar-refractivity contribution >= 4 is 11.8 Å². The van der Waals surface area contributed by atoms with Crippen LogP contribution in [0.2, 0.25) is 0 Å². The molecule has 0 saturated heterocycles. The third kappa shape index (κ3) is 27.5. The predicted octanol–water partition coefficient (Wildman–Crippen LogP) is 7.52. The summed E-state index contributed by atoms with van der Waals surface area (Å²) in [6.45, 7) is 7.45. The van der Waals surface area contributed by atoms with Crippen molar-refractivity contribution < 1.29 is 9.59 Å². The average Bonchev–Trinajstić information content (AvgIpc) is 2.83. The van der Waals surface area contributed by atoms with Gasteiger partial charge in [-0.3, -0.25) is 9.59 Å². The van der Waals surface area contributed by atoms with Crippen LogP contribution in [0.1, 0.15) is 91.4 Å². The van der Waals surface area contributed by atoms with Gasteiger partial charge in [0.15, 0.2) is 0 Å². The fraction of sp³-hybridized carbons (Fsp3) is 0.548. The molecule has 0 spiro atoms. The highest BCUT2D eigenvalue weighted by molar-refractivity contribution is 5.77. The van der Waals surface area contributed by atoms with Crippen LogP contribution in [0.4, 0.5) is 0 Å². The van der Waals surface area contributed by atoms with Gasteiger partial charge in [-0.1, -0.05) is 100 Å². The number of amides is 2.